The van der Waals surface area contributed by atoms with Crippen LogP contribution in [-0.4, -0.2) is 38.0 Å². The van der Waals surface area contributed by atoms with Gasteiger partial charge in [-0.25, -0.2) is 13.8 Å². The number of halogens is 2. The topological polar surface area (TPSA) is 94.8 Å². The van der Waals surface area contributed by atoms with Crippen LogP contribution in [0.25, 0.3) is 17.2 Å². The third-order valence-electron chi connectivity index (χ3n) is 5.56. The van der Waals surface area contributed by atoms with Crippen molar-refractivity contribution in [3.8, 4) is 23.0 Å². The zero-order valence-corrected chi connectivity index (χ0v) is 17.7. The number of carbonyl (C=O) groups is 1. The minimum atomic E-state index is -0.698. The van der Waals surface area contributed by atoms with Crippen molar-refractivity contribution in [1.29, 1.82) is 0 Å². The fraction of sp³-hybridized carbons (Fsp3) is 0.174. The third-order valence-corrected chi connectivity index (χ3v) is 5.56. The van der Waals surface area contributed by atoms with E-state index in [-0.39, 0.29) is 23.8 Å². The Morgan fingerprint density at radius 2 is 1.94 bits per heavy atom. The van der Waals surface area contributed by atoms with E-state index in [9.17, 15) is 13.6 Å². The minimum absolute atomic E-state index is 0.0368. The van der Waals surface area contributed by atoms with Crippen LogP contribution in [0.1, 0.15) is 29.2 Å². The molecule has 10 heteroatoms. The van der Waals surface area contributed by atoms with Gasteiger partial charge in [0.1, 0.15) is 23.2 Å². The summed E-state index contributed by atoms with van der Waals surface area (Å²) >= 11 is 0. The number of carbonyl (C=O) groups excluding carboxylic acids is 1. The fourth-order valence-electron chi connectivity index (χ4n) is 4.02. The van der Waals surface area contributed by atoms with Gasteiger partial charge in [0.25, 0.3) is 5.95 Å². The number of amides is 1. The molecule has 1 aliphatic heterocycles. The number of benzene rings is 2. The number of ether oxygens (including phenoxy) is 1. The Kier molecular flexibility index (Phi) is 5.04. The summed E-state index contributed by atoms with van der Waals surface area (Å²) in [4.78, 5) is 17.1. The number of aryl methyl sites for hydroxylation is 1. The molecule has 0 aliphatic carbocycles. The predicted octanol–water partition coefficient (Wildman–Crippen LogP) is 3.79. The number of anilines is 1. The summed E-state index contributed by atoms with van der Waals surface area (Å²) in [6, 6.07) is 10.5. The summed E-state index contributed by atoms with van der Waals surface area (Å²) < 4.78 is 35.0. The molecule has 0 fully saturated rings. The lowest BCUT2D eigenvalue weighted by atomic mass is 9.85. The number of hydrogen-bond donors (Lipinski definition) is 1. The number of hydrogen-bond acceptors (Lipinski definition) is 6. The van der Waals surface area contributed by atoms with E-state index in [0.29, 0.717) is 28.5 Å². The quantitative estimate of drug-likeness (QED) is 0.510. The average Bonchev–Trinajstić information content (AvgIpc) is 3.16. The summed E-state index contributed by atoms with van der Waals surface area (Å²) in [5.41, 5.74) is 2.54. The summed E-state index contributed by atoms with van der Waals surface area (Å²) in [6.45, 7) is 1.73. The zero-order valence-electron chi connectivity index (χ0n) is 17.7. The fourth-order valence-corrected chi connectivity index (χ4v) is 4.02. The molecule has 2 aromatic carbocycles. The van der Waals surface area contributed by atoms with Gasteiger partial charge in [0.05, 0.1) is 24.7 Å². The SMILES string of the molecule is COc1ccc(-c2cnnc(-n3nc(C)c4c3NC(=O)CC4c3cc(F)ccc3F)n2)cc1. The van der Waals surface area contributed by atoms with Crippen molar-refractivity contribution in [2.45, 2.75) is 19.3 Å². The number of nitrogens with zero attached hydrogens (tertiary/aromatic N) is 5. The molecule has 2 aromatic heterocycles. The van der Waals surface area contributed by atoms with Crippen LogP contribution >= 0.6 is 0 Å². The Labute approximate surface area is 187 Å². The second kappa shape index (κ2) is 8.05. The number of nitrogens with one attached hydrogen (secondary N) is 1. The molecule has 0 saturated carbocycles. The molecule has 1 unspecified atom stereocenters. The Balaban J connectivity index is 1.61. The van der Waals surface area contributed by atoms with Crippen molar-refractivity contribution >= 4 is 11.7 Å². The Bertz CT molecular complexity index is 1370. The average molecular weight is 448 g/mol. The molecule has 1 aliphatic rings. The van der Waals surface area contributed by atoms with Gasteiger partial charge >= 0.3 is 0 Å². The summed E-state index contributed by atoms with van der Waals surface area (Å²) in [5.74, 6) is -1.07. The van der Waals surface area contributed by atoms with E-state index >= 15 is 0 Å². The largest absolute Gasteiger partial charge is 0.497 e. The monoisotopic (exact) mass is 448 g/mol. The smallest absolute Gasteiger partial charge is 0.272 e. The van der Waals surface area contributed by atoms with E-state index in [1.165, 1.54) is 10.9 Å². The van der Waals surface area contributed by atoms with Crippen LogP contribution in [0, 0.1) is 18.6 Å². The molecule has 5 rings (SSSR count). The number of aromatic nitrogens is 5. The van der Waals surface area contributed by atoms with Gasteiger partial charge in [-0.05, 0) is 55.0 Å². The van der Waals surface area contributed by atoms with Gasteiger partial charge in [-0.2, -0.15) is 14.9 Å². The molecule has 0 bridgehead atoms. The van der Waals surface area contributed by atoms with Crippen LogP contribution in [0.2, 0.25) is 0 Å². The van der Waals surface area contributed by atoms with E-state index in [0.717, 1.165) is 23.8 Å². The highest BCUT2D eigenvalue weighted by Crippen LogP contribution is 2.41. The van der Waals surface area contributed by atoms with Gasteiger partial charge in [0, 0.05) is 23.5 Å². The van der Waals surface area contributed by atoms with Gasteiger partial charge < -0.3 is 10.1 Å². The highest BCUT2D eigenvalue weighted by atomic mass is 19.1. The maximum Gasteiger partial charge on any atom is 0.272 e. The number of fused-ring (bicyclic) bond motifs is 1. The predicted molar refractivity (Wildman–Crippen MR) is 115 cm³/mol. The van der Waals surface area contributed by atoms with Gasteiger partial charge in [0.15, 0.2) is 0 Å². The summed E-state index contributed by atoms with van der Waals surface area (Å²) in [7, 11) is 1.58. The van der Waals surface area contributed by atoms with Crippen molar-refractivity contribution in [3.63, 3.8) is 0 Å². The first-order valence-electron chi connectivity index (χ1n) is 10.1. The molecule has 33 heavy (non-hydrogen) atoms. The van der Waals surface area contributed by atoms with Gasteiger partial charge in [-0.15, -0.1) is 5.10 Å². The maximum atomic E-state index is 14.6. The Morgan fingerprint density at radius 1 is 1.15 bits per heavy atom. The van der Waals surface area contributed by atoms with E-state index in [2.05, 4.69) is 25.6 Å². The van der Waals surface area contributed by atoms with Crippen LogP contribution in [0.15, 0.2) is 48.7 Å². The van der Waals surface area contributed by atoms with Crippen molar-refractivity contribution in [2.24, 2.45) is 0 Å². The molecule has 0 spiro atoms. The van der Waals surface area contributed by atoms with Crippen molar-refractivity contribution in [1.82, 2.24) is 25.0 Å². The highest BCUT2D eigenvalue weighted by Gasteiger charge is 2.34. The normalized spacial score (nSPS) is 15.2. The molecule has 0 saturated heterocycles. The van der Waals surface area contributed by atoms with E-state index in [1.54, 1.807) is 26.2 Å². The first-order valence-corrected chi connectivity index (χ1v) is 10.1. The number of rotatable bonds is 4. The molecule has 166 valence electrons. The second-order valence-corrected chi connectivity index (χ2v) is 7.60. The van der Waals surface area contributed by atoms with Crippen LogP contribution in [0.3, 0.4) is 0 Å². The van der Waals surface area contributed by atoms with Crippen molar-refractivity contribution in [2.75, 3.05) is 12.4 Å². The highest BCUT2D eigenvalue weighted by molar-refractivity contribution is 5.95. The van der Waals surface area contributed by atoms with E-state index in [1.807, 2.05) is 12.1 Å². The molecule has 1 amide bonds. The van der Waals surface area contributed by atoms with Crippen LogP contribution in [0.4, 0.5) is 14.6 Å². The molecule has 1 N–H and O–H groups in total. The lowest BCUT2D eigenvalue weighted by Crippen LogP contribution is -2.25. The standard InChI is InChI=1S/C23H18F2N6O2/c1-12-21-17(16-9-14(24)5-8-18(16)25)10-20(32)28-22(21)31(30-12)23-27-19(11-26-29-23)13-3-6-15(33-2)7-4-13/h3-9,11,17H,10H2,1-2H3,(H,28,32). The molecule has 4 aromatic rings. The summed E-state index contributed by atoms with van der Waals surface area (Å²) in [6.07, 6.45) is 1.47. The lowest BCUT2D eigenvalue weighted by molar-refractivity contribution is -0.116. The first kappa shape index (κ1) is 20.7. The molecule has 3 heterocycles. The van der Waals surface area contributed by atoms with Crippen LogP contribution in [-0.2, 0) is 4.79 Å². The van der Waals surface area contributed by atoms with Crippen LogP contribution < -0.4 is 10.1 Å². The van der Waals surface area contributed by atoms with Crippen molar-refractivity contribution < 1.29 is 18.3 Å². The van der Waals surface area contributed by atoms with Gasteiger partial charge in [-0.1, -0.05) is 0 Å². The molecular formula is C23H18F2N6O2. The molecule has 0 radical (unpaired) electrons. The Morgan fingerprint density at radius 3 is 2.70 bits per heavy atom. The van der Waals surface area contributed by atoms with E-state index < -0.39 is 17.6 Å². The van der Waals surface area contributed by atoms with Crippen molar-refractivity contribution in [3.05, 3.63) is 77.1 Å². The maximum absolute atomic E-state index is 14.6. The zero-order chi connectivity index (χ0) is 23.1. The minimum Gasteiger partial charge on any atom is -0.497 e. The summed E-state index contributed by atoms with van der Waals surface area (Å²) in [5, 5.41) is 15.4. The van der Waals surface area contributed by atoms with Crippen LogP contribution in [0.5, 0.6) is 5.75 Å². The Hall–Kier alpha value is -4.21. The lowest BCUT2D eigenvalue weighted by Gasteiger charge is -2.24. The van der Waals surface area contributed by atoms with Gasteiger partial charge in [0.2, 0.25) is 5.91 Å². The third kappa shape index (κ3) is 3.69. The molecule has 1 atom stereocenters. The second-order valence-electron chi connectivity index (χ2n) is 7.60. The van der Waals surface area contributed by atoms with Gasteiger partial charge in [-0.3, -0.25) is 4.79 Å². The number of methoxy groups -OCH3 is 1. The molecular weight excluding hydrogens is 430 g/mol. The van der Waals surface area contributed by atoms with E-state index in [4.69, 9.17) is 4.74 Å². The molecule has 8 nitrogen and oxygen atoms in total. The first-order chi connectivity index (χ1) is 15.9.